The average Bonchev–Trinajstić information content (AvgIpc) is 2.78. The number of nitrogens with one attached hydrogen (secondary N) is 1. The second kappa shape index (κ2) is 6.22. The van der Waals surface area contributed by atoms with Gasteiger partial charge >= 0.3 is 0 Å². The van der Waals surface area contributed by atoms with Crippen LogP contribution < -0.4 is 5.32 Å². The fraction of sp³-hybridized carbons (Fsp3) is 0.312. The van der Waals surface area contributed by atoms with Crippen molar-refractivity contribution in [3.05, 3.63) is 51.2 Å². The number of hydrogen-bond acceptors (Lipinski definition) is 4. The molecule has 0 saturated carbocycles. The monoisotopic (exact) mass is 337 g/mol. The van der Waals surface area contributed by atoms with Crippen molar-refractivity contribution in [2.24, 2.45) is 0 Å². The van der Waals surface area contributed by atoms with E-state index < -0.39 is 9.84 Å². The number of amides is 1. The van der Waals surface area contributed by atoms with E-state index in [1.807, 2.05) is 26.8 Å². The van der Waals surface area contributed by atoms with Gasteiger partial charge in [-0.05, 0) is 50.1 Å². The summed E-state index contributed by atoms with van der Waals surface area (Å²) in [5.41, 5.74) is 1.98. The SMILES string of the molecule is Cc1cc(C(=O)N[C@H](C)c2ccc(S(C)(=O)=O)cc2)sc1C. The summed E-state index contributed by atoms with van der Waals surface area (Å²) in [4.78, 5) is 14.3. The first-order valence-electron chi connectivity index (χ1n) is 6.86. The number of carbonyl (C=O) groups is 1. The van der Waals surface area contributed by atoms with Gasteiger partial charge in [-0.25, -0.2) is 8.42 Å². The van der Waals surface area contributed by atoms with Gasteiger partial charge in [-0.3, -0.25) is 4.79 Å². The van der Waals surface area contributed by atoms with Gasteiger partial charge in [-0.2, -0.15) is 0 Å². The van der Waals surface area contributed by atoms with E-state index in [0.29, 0.717) is 4.88 Å². The van der Waals surface area contributed by atoms with Gasteiger partial charge in [0.05, 0.1) is 15.8 Å². The number of carbonyl (C=O) groups excluding carboxylic acids is 1. The highest BCUT2D eigenvalue weighted by molar-refractivity contribution is 7.90. The Morgan fingerprint density at radius 3 is 2.23 bits per heavy atom. The first-order chi connectivity index (χ1) is 10.2. The minimum absolute atomic E-state index is 0.110. The second-order valence-electron chi connectivity index (χ2n) is 5.39. The topological polar surface area (TPSA) is 63.2 Å². The van der Waals surface area contributed by atoms with E-state index in [0.717, 1.165) is 16.0 Å². The Morgan fingerprint density at radius 1 is 1.18 bits per heavy atom. The van der Waals surface area contributed by atoms with Gasteiger partial charge in [0.25, 0.3) is 5.91 Å². The third kappa shape index (κ3) is 3.75. The molecule has 0 unspecified atom stereocenters. The summed E-state index contributed by atoms with van der Waals surface area (Å²) >= 11 is 1.47. The molecule has 0 aliphatic carbocycles. The Bertz CT molecular complexity index is 770. The van der Waals surface area contributed by atoms with Crippen molar-refractivity contribution < 1.29 is 13.2 Å². The molecule has 0 saturated heterocycles. The van der Waals surface area contributed by atoms with Crippen LogP contribution in [0.5, 0.6) is 0 Å². The van der Waals surface area contributed by atoms with Crippen LogP contribution in [0, 0.1) is 13.8 Å². The quantitative estimate of drug-likeness (QED) is 0.931. The highest BCUT2D eigenvalue weighted by Crippen LogP contribution is 2.22. The molecule has 22 heavy (non-hydrogen) atoms. The molecule has 0 bridgehead atoms. The zero-order valence-electron chi connectivity index (χ0n) is 13.0. The van der Waals surface area contributed by atoms with Crippen LogP contribution in [0.1, 0.15) is 38.6 Å². The van der Waals surface area contributed by atoms with Crippen LogP contribution in [0.25, 0.3) is 0 Å². The van der Waals surface area contributed by atoms with Gasteiger partial charge < -0.3 is 5.32 Å². The maximum atomic E-state index is 12.2. The molecule has 1 N–H and O–H groups in total. The van der Waals surface area contributed by atoms with E-state index in [2.05, 4.69) is 5.32 Å². The Balaban J connectivity index is 2.12. The molecule has 1 atom stereocenters. The number of benzene rings is 1. The summed E-state index contributed by atoms with van der Waals surface area (Å²) in [5.74, 6) is -0.110. The number of thiophene rings is 1. The maximum absolute atomic E-state index is 12.2. The minimum Gasteiger partial charge on any atom is -0.345 e. The third-order valence-corrected chi connectivity index (χ3v) is 5.83. The smallest absolute Gasteiger partial charge is 0.261 e. The molecule has 6 heteroatoms. The number of rotatable bonds is 4. The third-order valence-electron chi connectivity index (χ3n) is 3.55. The predicted octanol–water partition coefficient (Wildman–Crippen LogP) is 3.26. The molecular formula is C16H19NO3S2. The molecule has 2 rings (SSSR count). The zero-order chi connectivity index (χ0) is 16.5. The van der Waals surface area contributed by atoms with Crippen LogP contribution in [0.2, 0.25) is 0 Å². The van der Waals surface area contributed by atoms with Crippen LogP contribution in [-0.2, 0) is 9.84 Å². The fourth-order valence-electron chi connectivity index (χ4n) is 2.04. The summed E-state index contributed by atoms with van der Waals surface area (Å²) in [6.07, 6.45) is 1.18. The number of aryl methyl sites for hydroxylation is 2. The molecule has 0 spiro atoms. The average molecular weight is 337 g/mol. The lowest BCUT2D eigenvalue weighted by atomic mass is 10.1. The van der Waals surface area contributed by atoms with Gasteiger partial charge in [-0.1, -0.05) is 12.1 Å². The van der Waals surface area contributed by atoms with Crippen LogP contribution in [0.15, 0.2) is 35.2 Å². The molecule has 1 aromatic carbocycles. The molecule has 1 aromatic heterocycles. The summed E-state index contributed by atoms with van der Waals surface area (Å²) in [7, 11) is -3.20. The van der Waals surface area contributed by atoms with Crippen LogP contribution in [0.3, 0.4) is 0 Å². The minimum atomic E-state index is -3.20. The van der Waals surface area contributed by atoms with Crippen molar-refractivity contribution in [3.63, 3.8) is 0 Å². The van der Waals surface area contributed by atoms with E-state index in [9.17, 15) is 13.2 Å². The Kier molecular flexibility index (Phi) is 4.72. The highest BCUT2D eigenvalue weighted by Gasteiger charge is 2.15. The van der Waals surface area contributed by atoms with Gasteiger partial charge in [0.2, 0.25) is 0 Å². The van der Waals surface area contributed by atoms with E-state index in [1.165, 1.54) is 17.6 Å². The first kappa shape index (κ1) is 16.7. The second-order valence-corrected chi connectivity index (χ2v) is 8.66. The van der Waals surface area contributed by atoms with Gasteiger partial charge in [0.15, 0.2) is 9.84 Å². The molecule has 0 aliphatic heterocycles. The van der Waals surface area contributed by atoms with Crippen LogP contribution in [0.4, 0.5) is 0 Å². The summed E-state index contributed by atoms with van der Waals surface area (Å²) in [5, 5.41) is 2.93. The zero-order valence-corrected chi connectivity index (χ0v) is 14.6. The predicted molar refractivity (Wildman–Crippen MR) is 89.2 cm³/mol. The molecular weight excluding hydrogens is 318 g/mol. The molecule has 0 radical (unpaired) electrons. The number of hydrogen-bond donors (Lipinski definition) is 1. The van der Waals surface area contributed by atoms with Crippen molar-refractivity contribution in [1.29, 1.82) is 0 Å². The summed E-state index contributed by atoms with van der Waals surface area (Å²) in [6, 6.07) is 8.27. The lowest BCUT2D eigenvalue weighted by Crippen LogP contribution is -2.25. The summed E-state index contributed by atoms with van der Waals surface area (Å²) in [6.45, 7) is 5.85. The molecule has 0 aliphatic rings. The van der Waals surface area contributed by atoms with Crippen molar-refractivity contribution in [3.8, 4) is 0 Å². The highest BCUT2D eigenvalue weighted by atomic mass is 32.2. The van der Waals surface area contributed by atoms with Crippen LogP contribution >= 0.6 is 11.3 Å². The van der Waals surface area contributed by atoms with Gasteiger partial charge in [0.1, 0.15) is 0 Å². The number of sulfone groups is 1. The molecule has 1 heterocycles. The molecule has 0 fully saturated rings. The summed E-state index contributed by atoms with van der Waals surface area (Å²) < 4.78 is 22.9. The van der Waals surface area contributed by atoms with E-state index in [-0.39, 0.29) is 16.8 Å². The fourth-order valence-corrected chi connectivity index (χ4v) is 3.61. The van der Waals surface area contributed by atoms with E-state index in [4.69, 9.17) is 0 Å². The van der Waals surface area contributed by atoms with Gasteiger partial charge in [0, 0.05) is 11.1 Å². The van der Waals surface area contributed by atoms with Gasteiger partial charge in [-0.15, -0.1) is 11.3 Å². The van der Waals surface area contributed by atoms with Crippen molar-refractivity contribution >= 4 is 27.1 Å². The Morgan fingerprint density at radius 2 is 1.77 bits per heavy atom. The maximum Gasteiger partial charge on any atom is 0.261 e. The Hall–Kier alpha value is -1.66. The van der Waals surface area contributed by atoms with Crippen molar-refractivity contribution in [2.75, 3.05) is 6.26 Å². The lowest BCUT2D eigenvalue weighted by Gasteiger charge is -2.14. The molecule has 4 nitrogen and oxygen atoms in total. The standard InChI is InChI=1S/C16H19NO3S2/c1-10-9-15(21-12(10)3)16(18)17-11(2)13-5-7-14(8-6-13)22(4,19)20/h5-9,11H,1-4H3,(H,17,18)/t11-/m1/s1. The molecule has 118 valence electrons. The van der Waals surface area contributed by atoms with Crippen LogP contribution in [-0.4, -0.2) is 20.6 Å². The van der Waals surface area contributed by atoms with E-state index >= 15 is 0 Å². The largest absolute Gasteiger partial charge is 0.345 e. The normalized spacial score (nSPS) is 12.9. The molecule has 1 amide bonds. The van der Waals surface area contributed by atoms with Crippen molar-refractivity contribution in [2.45, 2.75) is 31.7 Å². The molecule has 2 aromatic rings. The first-order valence-corrected chi connectivity index (χ1v) is 9.57. The van der Waals surface area contributed by atoms with E-state index in [1.54, 1.807) is 24.3 Å². The van der Waals surface area contributed by atoms with Crippen molar-refractivity contribution in [1.82, 2.24) is 5.32 Å². The lowest BCUT2D eigenvalue weighted by molar-refractivity contribution is 0.0944. The Labute approximate surface area is 135 Å².